The molecule has 0 aromatic heterocycles. The maximum atomic E-state index is 14.0. The Morgan fingerprint density at radius 3 is 2.02 bits per heavy atom. The molecule has 0 radical (unpaired) electrons. The van der Waals surface area contributed by atoms with Crippen LogP contribution in [-0.2, 0) is 17.1 Å². The number of halogens is 7. The Balaban J connectivity index is 1.55. The topological polar surface area (TPSA) is 119 Å². The van der Waals surface area contributed by atoms with Crippen LogP contribution in [0.4, 0.5) is 53.9 Å². The maximum Gasteiger partial charge on any atom is 0.418 e. The van der Waals surface area contributed by atoms with Gasteiger partial charge in [-0.15, -0.1) is 0 Å². The Labute approximate surface area is 239 Å². The molecule has 4 rings (SSSR count). The second-order valence-electron chi connectivity index (χ2n) is 9.81. The van der Waals surface area contributed by atoms with Gasteiger partial charge in [0.15, 0.2) is 0 Å². The smallest absolute Gasteiger partial charge is 0.418 e. The molecule has 2 aliphatic rings. The monoisotopic (exact) mass is 623 g/mol. The van der Waals surface area contributed by atoms with E-state index in [4.69, 9.17) is 11.6 Å². The molecule has 2 aromatic carbocycles. The molecule has 0 saturated carbocycles. The molecule has 2 aliphatic heterocycles. The van der Waals surface area contributed by atoms with E-state index in [0.29, 0.717) is 12.1 Å². The summed E-state index contributed by atoms with van der Waals surface area (Å²) in [5.74, 6) is -1.76. The van der Waals surface area contributed by atoms with Crippen molar-refractivity contribution in [2.45, 2.75) is 25.2 Å². The fourth-order valence-electron chi connectivity index (χ4n) is 4.96. The molecule has 0 unspecified atom stereocenters. The lowest BCUT2D eigenvalue weighted by atomic mass is 9.95. The fourth-order valence-corrected chi connectivity index (χ4v) is 5.13. The summed E-state index contributed by atoms with van der Waals surface area (Å²) in [5.41, 5.74) is -3.73. The summed E-state index contributed by atoms with van der Waals surface area (Å²) >= 11 is 5.94. The van der Waals surface area contributed by atoms with Gasteiger partial charge in [-0.2, -0.15) is 26.3 Å². The number of alkyl halides is 6. The first-order valence-electron chi connectivity index (χ1n) is 12.6. The molecule has 2 aromatic rings. The molecule has 17 heteroatoms. The Morgan fingerprint density at radius 2 is 1.50 bits per heavy atom. The van der Waals surface area contributed by atoms with Gasteiger partial charge in [-0.05, 0) is 37.1 Å². The van der Waals surface area contributed by atoms with Crippen LogP contribution in [0.2, 0.25) is 5.02 Å². The zero-order valence-corrected chi connectivity index (χ0v) is 22.4. The molecule has 42 heavy (non-hydrogen) atoms. The standard InChI is InChI=1S/C25H24ClF6N5O5/c26-17-2-1-15(24(27,28)29)11-18(17)33-23(40)36-9-7-35(8-10-36)20-13-19(34-5-3-14(4-6-34)22(38)39)16(25(30,31)32)12-21(20)37(41)42/h1-2,11-14H,3-10H2,(H,33,40)(H,38,39). The van der Waals surface area contributed by atoms with Crippen molar-refractivity contribution in [3.8, 4) is 0 Å². The van der Waals surface area contributed by atoms with Crippen LogP contribution in [0.25, 0.3) is 0 Å². The van der Waals surface area contributed by atoms with Crippen LogP contribution >= 0.6 is 11.6 Å². The minimum Gasteiger partial charge on any atom is -0.481 e. The van der Waals surface area contributed by atoms with Crippen molar-refractivity contribution in [3.05, 3.63) is 56.6 Å². The highest BCUT2D eigenvalue weighted by molar-refractivity contribution is 6.33. The normalized spacial score (nSPS) is 16.9. The van der Waals surface area contributed by atoms with E-state index in [1.165, 1.54) is 14.7 Å². The predicted molar refractivity (Wildman–Crippen MR) is 140 cm³/mol. The third kappa shape index (κ3) is 6.74. The highest BCUT2D eigenvalue weighted by Gasteiger charge is 2.40. The second kappa shape index (κ2) is 11.7. The van der Waals surface area contributed by atoms with Crippen molar-refractivity contribution in [3.63, 3.8) is 0 Å². The number of aliphatic carboxylic acids is 1. The van der Waals surface area contributed by atoms with Gasteiger partial charge in [-0.25, -0.2) is 4.79 Å². The Morgan fingerprint density at radius 1 is 0.905 bits per heavy atom. The zero-order valence-electron chi connectivity index (χ0n) is 21.6. The number of benzene rings is 2. The van der Waals surface area contributed by atoms with E-state index in [1.54, 1.807) is 0 Å². The van der Waals surface area contributed by atoms with Crippen LogP contribution < -0.4 is 15.1 Å². The average molecular weight is 624 g/mol. The van der Waals surface area contributed by atoms with E-state index in [0.717, 1.165) is 18.2 Å². The summed E-state index contributed by atoms with van der Waals surface area (Å²) in [4.78, 5) is 39.0. The van der Waals surface area contributed by atoms with Crippen molar-refractivity contribution in [2.75, 3.05) is 54.4 Å². The van der Waals surface area contributed by atoms with Gasteiger partial charge in [0.25, 0.3) is 5.69 Å². The number of carboxylic acids is 1. The van der Waals surface area contributed by atoms with Crippen molar-refractivity contribution < 1.29 is 46.0 Å². The number of nitrogens with one attached hydrogen (secondary N) is 1. The molecule has 228 valence electrons. The number of nitrogens with zero attached hydrogens (tertiary/aromatic N) is 4. The van der Waals surface area contributed by atoms with Crippen molar-refractivity contribution in [1.29, 1.82) is 0 Å². The highest BCUT2D eigenvalue weighted by Crippen LogP contribution is 2.44. The number of amides is 2. The van der Waals surface area contributed by atoms with E-state index in [2.05, 4.69) is 5.32 Å². The first-order chi connectivity index (χ1) is 19.6. The van der Waals surface area contributed by atoms with Crippen LogP contribution in [0.3, 0.4) is 0 Å². The van der Waals surface area contributed by atoms with E-state index in [1.807, 2.05) is 0 Å². The summed E-state index contributed by atoms with van der Waals surface area (Å²) < 4.78 is 81.1. The van der Waals surface area contributed by atoms with Gasteiger partial charge in [0.2, 0.25) is 0 Å². The number of carbonyl (C=O) groups excluding carboxylic acids is 1. The van der Waals surface area contributed by atoms with Crippen LogP contribution in [0, 0.1) is 16.0 Å². The number of hydrogen-bond acceptors (Lipinski definition) is 6. The molecule has 0 atom stereocenters. The minimum absolute atomic E-state index is 0.00332. The summed E-state index contributed by atoms with van der Waals surface area (Å²) in [6.07, 6.45) is -9.40. The van der Waals surface area contributed by atoms with E-state index >= 15 is 0 Å². The number of piperazine rings is 1. The number of carboxylic acid groups (broad SMARTS) is 1. The number of nitro groups is 1. The Bertz CT molecular complexity index is 1370. The summed E-state index contributed by atoms with van der Waals surface area (Å²) in [5, 5.41) is 23.2. The molecule has 2 amide bonds. The quantitative estimate of drug-likeness (QED) is 0.240. The van der Waals surface area contributed by atoms with Crippen LogP contribution in [-0.4, -0.2) is 66.2 Å². The number of rotatable bonds is 5. The van der Waals surface area contributed by atoms with Gasteiger partial charge in [-0.1, -0.05) is 11.6 Å². The minimum atomic E-state index is -4.93. The van der Waals surface area contributed by atoms with Gasteiger partial charge in [0.05, 0.1) is 38.4 Å². The SMILES string of the molecule is O=C(O)C1CCN(c2cc(N3CCN(C(=O)Nc4cc(C(F)(F)F)ccc4Cl)CC3)c([N+](=O)[O-])cc2C(F)(F)F)CC1. The van der Waals surface area contributed by atoms with Crippen LogP contribution in [0.15, 0.2) is 30.3 Å². The fraction of sp³-hybridized carbons (Fsp3) is 0.440. The first kappa shape index (κ1) is 31.0. The summed E-state index contributed by atoms with van der Waals surface area (Å²) in [6, 6.07) is 3.19. The number of anilines is 3. The zero-order chi connectivity index (χ0) is 31.0. The summed E-state index contributed by atoms with van der Waals surface area (Å²) in [7, 11) is 0. The molecule has 10 nitrogen and oxygen atoms in total. The van der Waals surface area contributed by atoms with Crippen molar-refractivity contribution >= 4 is 46.4 Å². The van der Waals surface area contributed by atoms with E-state index in [9.17, 15) is 51.2 Å². The molecule has 0 spiro atoms. The molecular weight excluding hydrogens is 600 g/mol. The molecule has 0 bridgehead atoms. The lowest BCUT2D eigenvalue weighted by Gasteiger charge is -2.37. The number of piperidine rings is 1. The Hall–Kier alpha value is -3.95. The Kier molecular flexibility index (Phi) is 8.66. The molecule has 2 N–H and O–H groups in total. The first-order valence-corrected chi connectivity index (χ1v) is 13.0. The van der Waals surface area contributed by atoms with E-state index < -0.39 is 52.0 Å². The van der Waals surface area contributed by atoms with Gasteiger partial charge >= 0.3 is 24.4 Å². The number of urea groups is 1. The maximum absolute atomic E-state index is 14.0. The average Bonchev–Trinajstić information content (AvgIpc) is 2.92. The largest absolute Gasteiger partial charge is 0.481 e. The number of nitro benzene ring substituents is 1. The third-order valence-electron chi connectivity index (χ3n) is 7.22. The van der Waals surface area contributed by atoms with Crippen molar-refractivity contribution in [1.82, 2.24) is 4.90 Å². The highest BCUT2D eigenvalue weighted by atomic mass is 35.5. The lowest BCUT2D eigenvalue weighted by Crippen LogP contribution is -2.50. The third-order valence-corrected chi connectivity index (χ3v) is 7.55. The van der Waals surface area contributed by atoms with Crippen LogP contribution in [0.1, 0.15) is 24.0 Å². The number of hydrogen-bond donors (Lipinski definition) is 2. The lowest BCUT2D eigenvalue weighted by molar-refractivity contribution is -0.384. The van der Waals surface area contributed by atoms with Gasteiger partial charge in [0, 0.05) is 45.3 Å². The molecule has 2 heterocycles. The molecule has 2 fully saturated rings. The second-order valence-corrected chi connectivity index (χ2v) is 10.2. The van der Waals surface area contributed by atoms with Crippen molar-refractivity contribution in [2.24, 2.45) is 5.92 Å². The van der Waals surface area contributed by atoms with Gasteiger partial charge in [0.1, 0.15) is 5.69 Å². The molecular formula is C25H24ClF6N5O5. The predicted octanol–water partition coefficient (Wildman–Crippen LogP) is 5.94. The van der Waals surface area contributed by atoms with Crippen LogP contribution in [0.5, 0.6) is 0 Å². The number of carbonyl (C=O) groups is 2. The van der Waals surface area contributed by atoms with E-state index in [-0.39, 0.29) is 74.2 Å². The molecule has 0 aliphatic carbocycles. The van der Waals surface area contributed by atoms with Gasteiger partial charge < -0.3 is 25.1 Å². The summed E-state index contributed by atoms with van der Waals surface area (Å²) in [6.45, 7) is -0.167. The van der Waals surface area contributed by atoms with Gasteiger partial charge in [-0.3, -0.25) is 14.9 Å². The molecule has 2 saturated heterocycles.